The fourth-order valence-electron chi connectivity index (χ4n) is 1.45. The van der Waals surface area contributed by atoms with Crippen LogP contribution >= 0.6 is 27.7 Å². The molecular formula is C13H19BrN2O2S. The first kappa shape index (κ1) is 16.5. The molecule has 0 spiro atoms. The molecule has 0 radical (unpaired) electrons. The normalized spacial score (nSPS) is 12.5. The molecule has 0 fully saturated rings. The summed E-state index contributed by atoms with van der Waals surface area (Å²) in [4.78, 5) is 16.1. The van der Waals surface area contributed by atoms with Gasteiger partial charge in [-0.1, -0.05) is 13.8 Å². The van der Waals surface area contributed by atoms with E-state index in [0.29, 0.717) is 12.4 Å². The second-order valence-electron chi connectivity index (χ2n) is 4.25. The van der Waals surface area contributed by atoms with Gasteiger partial charge in [0.05, 0.1) is 11.6 Å². The highest BCUT2D eigenvalue weighted by molar-refractivity contribution is 9.10. The largest absolute Gasteiger partial charge is 0.465 e. The smallest absolute Gasteiger partial charge is 0.324 e. The number of pyridine rings is 1. The fraction of sp³-hybridized carbons (Fsp3) is 0.538. The molecule has 0 aromatic carbocycles. The highest BCUT2D eigenvalue weighted by Crippen LogP contribution is 2.18. The molecule has 1 rings (SSSR count). The Morgan fingerprint density at radius 1 is 1.53 bits per heavy atom. The highest BCUT2D eigenvalue weighted by atomic mass is 79.9. The van der Waals surface area contributed by atoms with Gasteiger partial charge >= 0.3 is 5.97 Å². The van der Waals surface area contributed by atoms with Gasteiger partial charge in [0.25, 0.3) is 0 Å². The lowest BCUT2D eigenvalue weighted by molar-refractivity contribution is -0.145. The molecule has 0 saturated heterocycles. The molecule has 0 saturated carbocycles. The lowest BCUT2D eigenvalue weighted by Crippen LogP contribution is -2.43. The molecule has 0 aliphatic carbocycles. The first-order valence-corrected chi connectivity index (χ1v) is 7.97. The van der Waals surface area contributed by atoms with Gasteiger partial charge in [-0.2, -0.15) is 0 Å². The van der Waals surface area contributed by atoms with E-state index in [1.165, 1.54) is 11.8 Å². The minimum atomic E-state index is -0.310. The molecule has 0 aliphatic rings. The van der Waals surface area contributed by atoms with Crippen LogP contribution in [0.25, 0.3) is 0 Å². The van der Waals surface area contributed by atoms with Gasteiger partial charge in [-0.15, -0.1) is 11.8 Å². The van der Waals surface area contributed by atoms with Crippen molar-refractivity contribution in [1.82, 2.24) is 10.3 Å². The Kier molecular flexibility index (Phi) is 7.41. The summed E-state index contributed by atoms with van der Waals surface area (Å²) < 4.78 is 6.01. The van der Waals surface area contributed by atoms with E-state index in [4.69, 9.17) is 4.74 Å². The van der Waals surface area contributed by atoms with Crippen molar-refractivity contribution in [1.29, 1.82) is 0 Å². The van der Waals surface area contributed by atoms with Crippen molar-refractivity contribution in [3.05, 3.63) is 22.8 Å². The van der Waals surface area contributed by atoms with Gasteiger partial charge in [-0.3, -0.25) is 4.79 Å². The van der Waals surface area contributed by atoms with E-state index in [9.17, 15) is 4.79 Å². The summed E-state index contributed by atoms with van der Waals surface area (Å²) in [5.74, 6) is 0.395. The quantitative estimate of drug-likeness (QED) is 0.607. The second-order valence-corrected chi connectivity index (χ2v) is 6.21. The number of nitrogens with one attached hydrogen (secondary N) is 1. The van der Waals surface area contributed by atoms with Crippen LogP contribution in [0.3, 0.4) is 0 Å². The van der Waals surface area contributed by atoms with Crippen LogP contribution in [0.4, 0.5) is 0 Å². The molecule has 6 heteroatoms. The topological polar surface area (TPSA) is 51.2 Å². The summed E-state index contributed by atoms with van der Waals surface area (Å²) in [6, 6.07) is 3.78. The van der Waals surface area contributed by atoms with E-state index in [2.05, 4.69) is 26.2 Å². The SMILES string of the molecule is CCOC(=O)C(CSc1ccc(Br)cn1)NC(C)C. The van der Waals surface area contributed by atoms with Crippen LogP contribution in [0.2, 0.25) is 0 Å². The maximum atomic E-state index is 11.8. The monoisotopic (exact) mass is 346 g/mol. The lowest BCUT2D eigenvalue weighted by Gasteiger charge is -2.19. The third kappa shape index (κ3) is 6.40. The molecule has 1 aromatic rings. The van der Waals surface area contributed by atoms with Crippen molar-refractivity contribution in [2.45, 2.75) is 37.9 Å². The molecule has 106 valence electrons. The van der Waals surface area contributed by atoms with E-state index >= 15 is 0 Å². The van der Waals surface area contributed by atoms with Crippen LogP contribution in [-0.2, 0) is 9.53 Å². The van der Waals surface area contributed by atoms with Crippen molar-refractivity contribution in [2.24, 2.45) is 0 Å². The van der Waals surface area contributed by atoms with Crippen molar-refractivity contribution < 1.29 is 9.53 Å². The van der Waals surface area contributed by atoms with Crippen LogP contribution in [0.15, 0.2) is 27.8 Å². The zero-order valence-corrected chi connectivity index (χ0v) is 13.8. The Balaban J connectivity index is 2.56. The molecule has 1 aromatic heterocycles. The van der Waals surface area contributed by atoms with E-state index in [1.807, 2.05) is 32.9 Å². The first-order chi connectivity index (χ1) is 9.02. The van der Waals surface area contributed by atoms with E-state index in [1.54, 1.807) is 6.20 Å². The van der Waals surface area contributed by atoms with Gasteiger partial charge in [0.1, 0.15) is 6.04 Å². The molecular weight excluding hydrogens is 328 g/mol. The molecule has 0 aliphatic heterocycles. The van der Waals surface area contributed by atoms with Crippen molar-refractivity contribution in [2.75, 3.05) is 12.4 Å². The summed E-state index contributed by atoms with van der Waals surface area (Å²) in [5.41, 5.74) is 0. The van der Waals surface area contributed by atoms with Gasteiger partial charge in [0.15, 0.2) is 0 Å². The summed E-state index contributed by atoms with van der Waals surface area (Å²) in [5, 5.41) is 4.11. The number of hydrogen-bond donors (Lipinski definition) is 1. The van der Waals surface area contributed by atoms with Crippen LogP contribution in [0, 0.1) is 0 Å². The number of nitrogens with zero attached hydrogens (tertiary/aromatic N) is 1. The average Bonchev–Trinajstić information content (AvgIpc) is 2.36. The van der Waals surface area contributed by atoms with E-state index in [-0.39, 0.29) is 18.1 Å². The zero-order chi connectivity index (χ0) is 14.3. The predicted molar refractivity (Wildman–Crippen MR) is 81.4 cm³/mol. The van der Waals surface area contributed by atoms with Crippen molar-refractivity contribution in [3.8, 4) is 0 Å². The Morgan fingerprint density at radius 2 is 2.26 bits per heavy atom. The Hall–Kier alpha value is -0.590. The predicted octanol–water partition coefficient (Wildman–Crippen LogP) is 2.87. The number of rotatable bonds is 7. The standard InChI is InChI=1S/C13H19BrN2O2S/c1-4-18-13(17)11(16-9(2)3)8-19-12-6-5-10(14)7-15-12/h5-7,9,11,16H,4,8H2,1-3H3. The number of carbonyl (C=O) groups excluding carboxylic acids is 1. The van der Waals surface area contributed by atoms with Crippen LogP contribution in [0.5, 0.6) is 0 Å². The summed E-state index contributed by atoms with van der Waals surface area (Å²) >= 11 is 4.88. The number of ether oxygens (including phenoxy) is 1. The van der Waals surface area contributed by atoms with Crippen molar-refractivity contribution in [3.63, 3.8) is 0 Å². The van der Waals surface area contributed by atoms with Gasteiger partial charge in [-0.25, -0.2) is 4.98 Å². The maximum absolute atomic E-state index is 11.8. The Labute approximate surface area is 126 Å². The molecule has 1 heterocycles. The van der Waals surface area contributed by atoms with Crippen LogP contribution in [-0.4, -0.2) is 35.4 Å². The van der Waals surface area contributed by atoms with E-state index < -0.39 is 0 Å². The molecule has 4 nitrogen and oxygen atoms in total. The van der Waals surface area contributed by atoms with Gasteiger partial charge < -0.3 is 10.1 Å². The minimum Gasteiger partial charge on any atom is -0.465 e. The highest BCUT2D eigenvalue weighted by Gasteiger charge is 2.20. The summed E-state index contributed by atoms with van der Waals surface area (Å²) in [7, 11) is 0. The number of carbonyl (C=O) groups is 1. The molecule has 0 bridgehead atoms. The van der Waals surface area contributed by atoms with Crippen LogP contribution < -0.4 is 5.32 Å². The number of hydrogen-bond acceptors (Lipinski definition) is 5. The average molecular weight is 347 g/mol. The molecule has 1 atom stereocenters. The van der Waals surface area contributed by atoms with Gasteiger partial charge in [-0.05, 0) is 35.0 Å². The van der Waals surface area contributed by atoms with Gasteiger partial charge in [0.2, 0.25) is 0 Å². The number of esters is 1. The number of halogens is 1. The Bertz CT molecular complexity index is 398. The molecule has 19 heavy (non-hydrogen) atoms. The summed E-state index contributed by atoms with van der Waals surface area (Å²) in [6.07, 6.45) is 1.75. The maximum Gasteiger partial charge on any atom is 0.324 e. The summed E-state index contributed by atoms with van der Waals surface area (Å²) in [6.45, 7) is 6.23. The van der Waals surface area contributed by atoms with E-state index in [0.717, 1.165) is 9.50 Å². The lowest BCUT2D eigenvalue weighted by atomic mass is 10.3. The van der Waals surface area contributed by atoms with Crippen molar-refractivity contribution >= 4 is 33.7 Å². The first-order valence-electron chi connectivity index (χ1n) is 6.20. The molecule has 1 N–H and O–H groups in total. The second kappa shape index (κ2) is 8.55. The third-order valence-electron chi connectivity index (χ3n) is 2.20. The Morgan fingerprint density at radius 3 is 2.79 bits per heavy atom. The molecule has 0 amide bonds. The number of thioether (sulfide) groups is 1. The van der Waals surface area contributed by atoms with Gasteiger partial charge in [0, 0.05) is 22.5 Å². The zero-order valence-electron chi connectivity index (χ0n) is 11.4. The molecule has 1 unspecified atom stereocenters. The fourth-order valence-corrected chi connectivity index (χ4v) is 2.54. The third-order valence-corrected chi connectivity index (χ3v) is 3.71. The minimum absolute atomic E-state index is 0.208. The number of aromatic nitrogens is 1. The van der Waals surface area contributed by atoms with Crippen LogP contribution in [0.1, 0.15) is 20.8 Å².